The first-order valence-corrected chi connectivity index (χ1v) is 8.04. The Kier molecular flexibility index (Phi) is 5.08. The van der Waals surface area contributed by atoms with Gasteiger partial charge in [-0.2, -0.15) is 0 Å². The van der Waals surface area contributed by atoms with Crippen LogP contribution in [0.25, 0.3) is 0 Å². The molecule has 0 heterocycles. The molecule has 0 aliphatic heterocycles. The van der Waals surface area contributed by atoms with Crippen molar-refractivity contribution in [3.05, 3.63) is 0 Å². The van der Waals surface area contributed by atoms with Crippen molar-refractivity contribution < 1.29 is 0 Å². The van der Waals surface area contributed by atoms with Crippen LogP contribution in [0.2, 0.25) is 0 Å². The van der Waals surface area contributed by atoms with Gasteiger partial charge in [0.2, 0.25) is 0 Å². The lowest BCUT2D eigenvalue weighted by molar-refractivity contribution is 0.138. The zero-order valence-corrected chi connectivity index (χ0v) is 12.7. The van der Waals surface area contributed by atoms with Crippen molar-refractivity contribution in [2.75, 3.05) is 26.7 Å². The number of nitrogens with one attached hydrogen (secondary N) is 1. The fraction of sp³-hybridized carbons (Fsp3) is 1.00. The molecule has 2 saturated carbocycles. The molecule has 0 bridgehead atoms. The number of nitrogens with zero attached hydrogens (tertiary/aromatic N) is 1. The van der Waals surface area contributed by atoms with Crippen LogP contribution in [-0.2, 0) is 0 Å². The molecule has 0 aromatic carbocycles. The molecule has 0 aromatic rings. The lowest BCUT2D eigenvalue weighted by Gasteiger charge is -2.36. The smallest absolute Gasteiger partial charge is 0.00966 e. The molecular weight excluding hydrogens is 220 g/mol. The normalized spacial score (nSPS) is 23.2. The van der Waals surface area contributed by atoms with Crippen molar-refractivity contribution in [2.24, 2.45) is 11.3 Å². The first-order valence-electron chi connectivity index (χ1n) is 8.04. The van der Waals surface area contributed by atoms with E-state index in [4.69, 9.17) is 0 Å². The highest BCUT2D eigenvalue weighted by Gasteiger charge is 2.38. The molecule has 0 unspecified atom stereocenters. The monoisotopic (exact) mass is 252 g/mol. The highest BCUT2D eigenvalue weighted by atomic mass is 15.2. The lowest BCUT2D eigenvalue weighted by Crippen LogP contribution is -2.43. The lowest BCUT2D eigenvalue weighted by atomic mass is 9.85. The Bertz CT molecular complexity index is 239. The van der Waals surface area contributed by atoms with Crippen molar-refractivity contribution >= 4 is 0 Å². The molecule has 2 aliphatic carbocycles. The molecule has 0 aromatic heterocycles. The van der Waals surface area contributed by atoms with Gasteiger partial charge in [-0.15, -0.1) is 0 Å². The van der Waals surface area contributed by atoms with Gasteiger partial charge in [0, 0.05) is 19.1 Å². The van der Waals surface area contributed by atoms with Crippen LogP contribution in [0, 0.1) is 11.3 Å². The minimum absolute atomic E-state index is 0.592. The van der Waals surface area contributed by atoms with Crippen LogP contribution in [0.1, 0.15) is 58.8 Å². The molecule has 0 amide bonds. The predicted octanol–water partition coefficient (Wildman–Crippen LogP) is 3.28. The summed E-state index contributed by atoms with van der Waals surface area (Å²) in [5.74, 6) is 0.843. The summed E-state index contributed by atoms with van der Waals surface area (Å²) < 4.78 is 0. The maximum atomic E-state index is 3.45. The van der Waals surface area contributed by atoms with Crippen LogP contribution < -0.4 is 5.32 Å². The molecule has 0 spiro atoms. The van der Waals surface area contributed by atoms with Gasteiger partial charge < -0.3 is 5.32 Å². The third kappa shape index (κ3) is 3.96. The van der Waals surface area contributed by atoms with E-state index in [1.807, 2.05) is 0 Å². The summed E-state index contributed by atoms with van der Waals surface area (Å²) in [6.45, 7) is 8.60. The van der Waals surface area contributed by atoms with Crippen molar-refractivity contribution in [1.29, 1.82) is 0 Å². The second-order valence-electron chi connectivity index (χ2n) is 7.12. The molecule has 0 saturated heterocycles. The van der Waals surface area contributed by atoms with Gasteiger partial charge in [-0.3, -0.25) is 4.90 Å². The molecular formula is C16H32N2. The van der Waals surface area contributed by atoms with E-state index in [-0.39, 0.29) is 0 Å². The average molecular weight is 252 g/mol. The van der Waals surface area contributed by atoms with E-state index >= 15 is 0 Å². The molecule has 2 heteroatoms. The Labute approximate surface area is 114 Å². The van der Waals surface area contributed by atoms with Crippen LogP contribution in [0.4, 0.5) is 0 Å². The summed E-state index contributed by atoms with van der Waals surface area (Å²) in [4.78, 5) is 2.82. The van der Waals surface area contributed by atoms with Gasteiger partial charge in [0.15, 0.2) is 0 Å². The Morgan fingerprint density at radius 2 is 1.89 bits per heavy atom. The predicted molar refractivity (Wildman–Crippen MR) is 78.9 cm³/mol. The van der Waals surface area contributed by atoms with E-state index in [1.165, 1.54) is 64.6 Å². The second kappa shape index (κ2) is 6.38. The molecule has 106 valence electrons. The summed E-state index contributed by atoms with van der Waals surface area (Å²) in [6.07, 6.45) is 10.1. The van der Waals surface area contributed by atoms with Gasteiger partial charge in [-0.25, -0.2) is 0 Å². The highest BCUT2D eigenvalue weighted by Crippen LogP contribution is 2.40. The standard InChI is InChI=1S/C16H32N2/c1-14(2)8-11-18(15-6-7-15)13-16(12-17-3)9-4-5-10-16/h14-15,17H,4-13H2,1-3H3. The first kappa shape index (κ1) is 14.3. The van der Waals surface area contributed by atoms with Gasteiger partial charge in [-0.05, 0) is 57.0 Å². The van der Waals surface area contributed by atoms with E-state index in [2.05, 4.69) is 31.1 Å². The summed E-state index contributed by atoms with van der Waals surface area (Å²) in [7, 11) is 2.12. The van der Waals surface area contributed by atoms with Gasteiger partial charge in [0.1, 0.15) is 0 Å². The van der Waals surface area contributed by atoms with Crippen molar-refractivity contribution in [3.8, 4) is 0 Å². The quantitative estimate of drug-likeness (QED) is 0.713. The maximum absolute atomic E-state index is 3.45. The van der Waals surface area contributed by atoms with Crippen LogP contribution in [0.15, 0.2) is 0 Å². The fourth-order valence-electron chi connectivity index (χ4n) is 3.58. The summed E-state index contributed by atoms with van der Waals surface area (Å²) in [5.41, 5.74) is 0.592. The molecule has 1 N–H and O–H groups in total. The third-order valence-corrected chi connectivity index (χ3v) is 4.81. The SMILES string of the molecule is CNCC1(CN(CCC(C)C)C2CC2)CCCC1. The van der Waals surface area contributed by atoms with Crippen molar-refractivity contribution in [3.63, 3.8) is 0 Å². The van der Waals surface area contributed by atoms with E-state index in [9.17, 15) is 0 Å². The van der Waals surface area contributed by atoms with Gasteiger partial charge in [0.05, 0.1) is 0 Å². The zero-order valence-electron chi connectivity index (χ0n) is 12.7. The largest absolute Gasteiger partial charge is 0.319 e. The Balaban J connectivity index is 1.89. The van der Waals surface area contributed by atoms with E-state index in [0.717, 1.165) is 12.0 Å². The highest BCUT2D eigenvalue weighted by molar-refractivity contribution is 4.93. The third-order valence-electron chi connectivity index (χ3n) is 4.81. The summed E-state index contributed by atoms with van der Waals surface area (Å²) in [5, 5.41) is 3.45. The minimum atomic E-state index is 0.592. The minimum Gasteiger partial charge on any atom is -0.319 e. The number of hydrogen-bond donors (Lipinski definition) is 1. The molecule has 18 heavy (non-hydrogen) atoms. The van der Waals surface area contributed by atoms with Gasteiger partial charge in [0.25, 0.3) is 0 Å². The first-order chi connectivity index (χ1) is 8.65. The molecule has 2 rings (SSSR count). The Morgan fingerprint density at radius 1 is 1.22 bits per heavy atom. The van der Waals surface area contributed by atoms with Crippen LogP contribution in [0.3, 0.4) is 0 Å². The van der Waals surface area contributed by atoms with Crippen LogP contribution in [-0.4, -0.2) is 37.6 Å². The summed E-state index contributed by atoms with van der Waals surface area (Å²) >= 11 is 0. The topological polar surface area (TPSA) is 15.3 Å². The molecule has 0 atom stereocenters. The second-order valence-corrected chi connectivity index (χ2v) is 7.12. The molecule has 2 fully saturated rings. The average Bonchev–Trinajstić information content (AvgIpc) is 3.07. The zero-order chi connectivity index (χ0) is 13.0. The van der Waals surface area contributed by atoms with Crippen molar-refractivity contribution in [2.45, 2.75) is 64.8 Å². The van der Waals surface area contributed by atoms with Crippen LogP contribution in [0.5, 0.6) is 0 Å². The van der Waals surface area contributed by atoms with E-state index in [0.29, 0.717) is 5.41 Å². The maximum Gasteiger partial charge on any atom is 0.00966 e. The van der Waals surface area contributed by atoms with Crippen molar-refractivity contribution in [1.82, 2.24) is 10.2 Å². The molecule has 0 radical (unpaired) electrons. The van der Waals surface area contributed by atoms with E-state index in [1.54, 1.807) is 0 Å². The van der Waals surface area contributed by atoms with E-state index < -0.39 is 0 Å². The van der Waals surface area contributed by atoms with Gasteiger partial charge >= 0.3 is 0 Å². The summed E-state index contributed by atoms with van der Waals surface area (Å²) in [6, 6.07) is 0.929. The van der Waals surface area contributed by atoms with Gasteiger partial charge in [-0.1, -0.05) is 26.7 Å². The molecule has 2 nitrogen and oxygen atoms in total. The Hall–Kier alpha value is -0.0800. The van der Waals surface area contributed by atoms with Crippen LogP contribution >= 0.6 is 0 Å². The Morgan fingerprint density at radius 3 is 2.39 bits per heavy atom. The number of hydrogen-bond acceptors (Lipinski definition) is 2. The molecule has 2 aliphatic rings. The number of rotatable bonds is 8. The fourth-order valence-corrected chi connectivity index (χ4v) is 3.58.